The molecule has 3 rings (SSSR count). The number of hydrogen-bond donors (Lipinski definition) is 2. The molecule has 0 saturated carbocycles. The van der Waals surface area contributed by atoms with E-state index >= 15 is 0 Å². The molecule has 2 aromatic heterocycles. The van der Waals surface area contributed by atoms with Crippen molar-refractivity contribution in [2.24, 2.45) is 0 Å². The number of nitrogens with zero attached hydrogens (tertiary/aromatic N) is 1. The van der Waals surface area contributed by atoms with E-state index in [1.807, 2.05) is 13.0 Å². The van der Waals surface area contributed by atoms with Crippen LogP contribution in [-0.4, -0.2) is 18.4 Å². The molecule has 0 aliphatic carbocycles. The fourth-order valence-electron chi connectivity index (χ4n) is 1.80. The molecule has 1 aromatic carbocycles. The summed E-state index contributed by atoms with van der Waals surface area (Å²) in [6.07, 6.45) is 1.54. The summed E-state index contributed by atoms with van der Waals surface area (Å²) >= 11 is 1.24. The number of sulfonamides is 1. The number of hydrogen-bond acceptors (Lipinski definition) is 4. The fraction of sp³-hybridized carbons (Fsp3) is 0.0833. The van der Waals surface area contributed by atoms with Gasteiger partial charge in [-0.25, -0.2) is 13.4 Å². The number of benzene rings is 1. The monoisotopic (exact) mass is 293 g/mol. The predicted molar refractivity (Wildman–Crippen MR) is 76.0 cm³/mol. The van der Waals surface area contributed by atoms with Crippen LogP contribution in [0.3, 0.4) is 0 Å². The van der Waals surface area contributed by atoms with Crippen molar-refractivity contribution in [1.29, 1.82) is 0 Å². The van der Waals surface area contributed by atoms with Crippen molar-refractivity contribution in [3.63, 3.8) is 0 Å². The minimum Gasteiger partial charge on any atom is -0.345 e. The highest BCUT2D eigenvalue weighted by Gasteiger charge is 2.17. The second-order valence-corrected chi connectivity index (χ2v) is 7.27. The number of H-pyrrole nitrogens is 1. The Bertz CT molecular complexity index is 833. The molecular weight excluding hydrogens is 282 g/mol. The number of rotatable bonds is 3. The predicted octanol–water partition coefficient (Wildman–Crippen LogP) is 2.73. The summed E-state index contributed by atoms with van der Waals surface area (Å²) in [5.41, 5.74) is 1.88. The van der Waals surface area contributed by atoms with Crippen LogP contribution >= 0.6 is 11.3 Å². The zero-order valence-corrected chi connectivity index (χ0v) is 11.7. The Kier molecular flexibility index (Phi) is 2.79. The van der Waals surface area contributed by atoms with Crippen LogP contribution in [0.5, 0.6) is 0 Å². The molecule has 0 aliphatic heterocycles. The molecule has 5 nitrogen and oxygen atoms in total. The number of aromatic nitrogens is 2. The van der Waals surface area contributed by atoms with Gasteiger partial charge >= 0.3 is 0 Å². The van der Waals surface area contributed by atoms with Crippen molar-refractivity contribution in [3.8, 4) is 0 Å². The van der Waals surface area contributed by atoms with Crippen LogP contribution in [0.4, 0.5) is 5.69 Å². The molecule has 19 heavy (non-hydrogen) atoms. The first-order valence-electron chi connectivity index (χ1n) is 5.58. The van der Waals surface area contributed by atoms with Gasteiger partial charge in [-0.15, -0.1) is 11.3 Å². The SMILES string of the molecule is Cc1ccc(S(=O)(=O)Nc2cccc3[nH]cnc23)s1. The number of para-hydroxylation sites is 1. The Labute approximate surface area is 114 Å². The Balaban J connectivity index is 2.03. The van der Waals surface area contributed by atoms with Gasteiger partial charge in [0.1, 0.15) is 9.73 Å². The van der Waals surface area contributed by atoms with Gasteiger partial charge in [-0.2, -0.15) is 0 Å². The first-order valence-corrected chi connectivity index (χ1v) is 7.87. The van der Waals surface area contributed by atoms with E-state index in [9.17, 15) is 8.42 Å². The van der Waals surface area contributed by atoms with E-state index in [1.54, 1.807) is 24.3 Å². The van der Waals surface area contributed by atoms with Crippen LogP contribution in [0.2, 0.25) is 0 Å². The maximum absolute atomic E-state index is 12.2. The Hall–Kier alpha value is -1.86. The number of nitrogens with one attached hydrogen (secondary N) is 2. The van der Waals surface area contributed by atoms with Crippen LogP contribution in [-0.2, 0) is 10.0 Å². The van der Waals surface area contributed by atoms with Crippen molar-refractivity contribution < 1.29 is 8.42 Å². The Morgan fingerprint density at radius 2 is 2.11 bits per heavy atom. The number of anilines is 1. The summed E-state index contributed by atoms with van der Waals surface area (Å²) < 4.78 is 27.4. The normalized spacial score (nSPS) is 11.8. The third-order valence-electron chi connectivity index (χ3n) is 2.67. The number of thiophene rings is 1. The maximum Gasteiger partial charge on any atom is 0.271 e. The molecule has 0 aliphatic rings. The molecule has 0 radical (unpaired) electrons. The van der Waals surface area contributed by atoms with Crippen LogP contribution in [0.25, 0.3) is 11.0 Å². The molecule has 2 heterocycles. The van der Waals surface area contributed by atoms with Crippen molar-refractivity contribution in [1.82, 2.24) is 9.97 Å². The summed E-state index contributed by atoms with van der Waals surface area (Å²) in [4.78, 5) is 8.03. The first kappa shape index (κ1) is 12.2. The summed E-state index contributed by atoms with van der Waals surface area (Å²) in [6.45, 7) is 1.87. The number of aromatic amines is 1. The van der Waals surface area contributed by atoms with Crippen LogP contribution in [0.15, 0.2) is 40.9 Å². The van der Waals surface area contributed by atoms with E-state index < -0.39 is 10.0 Å². The van der Waals surface area contributed by atoms with Gasteiger partial charge in [-0.3, -0.25) is 4.72 Å². The van der Waals surface area contributed by atoms with Crippen LogP contribution < -0.4 is 4.72 Å². The van der Waals surface area contributed by atoms with Crippen LogP contribution in [0, 0.1) is 6.92 Å². The van der Waals surface area contributed by atoms with Crippen molar-refractivity contribution >= 4 is 38.1 Å². The lowest BCUT2D eigenvalue weighted by Crippen LogP contribution is -2.11. The van der Waals surface area contributed by atoms with Gasteiger partial charge in [0.15, 0.2) is 0 Å². The lowest BCUT2D eigenvalue weighted by molar-refractivity contribution is 0.603. The minimum absolute atomic E-state index is 0.303. The highest BCUT2D eigenvalue weighted by molar-refractivity contribution is 7.94. The van der Waals surface area contributed by atoms with Crippen LogP contribution in [0.1, 0.15) is 4.88 Å². The van der Waals surface area contributed by atoms with Gasteiger partial charge in [0, 0.05) is 4.88 Å². The average molecular weight is 293 g/mol. The Morgan fingerprint density at radius 1 is 1.26 bits per heavy atom. The largest absolute Gasteiger partial charge is 0.345 e. The molecule has 7 heteroatoms. The minimum atomic E-state index is -3.55. The smallest absolute Gasteiger partial charge is 0.271 e. The van der Waals surface area contributed by atoms with Gasteiger partial charge in [0.05, 0.1) is 17.5 Å². The van der Waals surface area contributed by atoms with E-state index in [0.717, 1.165) is 10.4 Å². The van der Waals surface area contributed by atoms with Gasteiger partial charge in [0.2, 0.25) is 0 Å². The lowest BCUT2D eigenvalue weighted by Gasteiger charge is -2.06. The molecule has 2 N–H and O–H groups in total. The highest BCUT2D eigenvalue weighted by Crippen LogP contribution is 2.26. The van der Waals surface area contributed by atoms with E-state index in [-0.39, 0.29) is 0 Å². The summed E-state index contributed by atoms with van der Waals surface area (Å²) in [6, 6.07) is 8.70. The first-order chi connectivity index (χ1) is 9.06. The zero-order chi connectivity index (χ0) is 13.5. The van der Waals surface area contributed by atoms with E-state index in [4.69, 9.17) is 0 Å². The van der Waals surface area contributed by atoms with Gasteiger partial charge in [-0.05, 0) is 31.2 Å². The van der Waals surface area contributed by atoms with Crippen molar-refractivity contribution in [2.75, 3.05) is 4.72 Å². The number of aryl methyl sites for hydroxylation is 1. The van der Waals surface area contributed by atoms with Crippen molar-refractivity contribution in [3.05, 3.63) is 41.5 Å². The van der Waals surface area contributed by atoms with E-state index in [2.05, 4.69) is 14.7 Å². The molecule has 3 aromatic rings. The summed E-state index contributed by atoms with van der Waals surface area (Å²) in [7, 11) is -3.55. The third kappa shape index (κ3) is 2.22. The second-order valence-electron chi connectivity index (χ2n) is 4.07. The maximum atomic E-state index is 12.2. The van der Waals surface area contributed by atoms with Gasteiger partial charge in [0.25, 0.3) is 10.0 Å². The number of fused-ring (bicyclic) bond motifs is 1. The fourth-order valence-corrected chi connectivity index (χ4v) is 4.15. The summed E-state index contributed by atoms with van der Waals surface area (Å²) in [5.74, 6) is 0. The Morgan fingerprint density at radius 3 is 2.84 bits per heavy atom. The molecule has 0 atom stereocenters. The second kappa shape index (κ2) is 4.36. The van der Waals surface area contributed by atoms with Crippen molar-refractivity contribution in [2.45, 2.75) is 11.1 Å². The van der Waals surface area contributed by atoms with Gasteiger partial charge < -0.3 is 4.98 Å². The average Bonchev–Trinajstić information content (AvgIpc) is 2.97. The molecule has 0 spiro atoms. The molecule has 0 amide bonds. The van der Waals surface area contributed by atoms with Gasteiger partial charge in [-0.1, -0.05) is 6.07 Å². The molecule has 0 saturated heterocycles. The standard InChI is InChI=1S/C12H11N3O2S2/c1-8-5-6-11(18-8)19(16,17)15-10-4-2-3-9-12(10)14-7-13-9/h2-7,15H,1H3,(H,13,14). The van der Waals surface area contributed by atoms with E-state index in [0.29, 0.717) is 15.4 Å². The zero-order valence-electron chi connectivity index (χ0n) is 10.0. The molecule has 0 bridgehead atoms. The topological polar surface area (TPSA) is 74.8 Å². The highest BCUT2D eigenvalue weighted by atomic mass is 32.2. The molecule has 0 unspecified atom stereocenters. The van der Waals surface area contributed by atoms with E-state index in [1.165, 1.54) is 17.7 Å². The molecule has 0 fully saturated rings. The lowest BCUT2D eigenvalue weighted by atomic mass is 10.3. The number of imidazole rings is 1. The quantitative estimate of drug-likeness (QED) is 0.779. The third-order valence-corrected chi connectivity index (χ3v) is 5.53. The molecular formula is C12H11N3O2S2. The molecule has 98 valence electrons. The summed E-state index contributed by atoms with van der Waals surface area (Å²) in [5, 5.41) is 0.